The van der Waals surface area contributed by atoms with E-state index in [1.807, 2.05) is 30.3 Å². The molecule has 178 valence electrons. The molecule has 3 aromatic carbocycles. The van der Waals surface area contributed by atoms with E-state index >= 15 is 0 Å². The minimum atomic E-state index is -0.558. The van der Waals surface area contributed by atoms with E-state index in [-0.39, 0.29) is 17.3 Å². The van der Waals surface area contributed by atoms with E-state index in [2.05, 4.69) is 10.6 Å². The molecule has 0 unspecified atom stereocenters. The lowest BCUT2D eigenvalue weighted by molar-refractivity contribution is -0.137. The standard InChI is InChI=1S/C26H21Cl2N3O4/c1-35-21-11-10-18(27)15-20(21)30-24(32)17-8-5-9-19(14-17)29-23-22(28)25(33)31(26(23)34)13-12-16-6-3-2-4-7-16/h2-11,14-15,29H,12-13H2,1H3,(H,30,32). The first-order valence-electron chi connectivity index (χ1n) is 10.7. The molecule has 3 amide bonds. The highest BCUT2D eigenvalue weighted by Gasteiger charge is 2.37. The molecule has 0 atom stereocenters. The average Bonchev–Trinajstić information content (AvgIpc) is 3.06. The molecule has 4 rings (SSSR count). The van der Waals surface area contributed by atoms with Gasteiger partial charge in [0.2, 0.25) is 0 Å². The maximum Gasteiger partial charge on any atom is 0.278 e. The third kappa shape index (κ3) is 5.48. The third-order valence-electron chi connectivity index (χ3n) is 5.38. The number of rotatable bonds is 8. The largest absolute Gasteiger partial charge is 0.495 e. The SMILES string of the molecule is COc1ccc(Cl)cc1NC(=O)c1cccc(NC2=C(Cl)C(=O)N(CCc3ccccc3)C2=O)c1. The summed E-state index contributed by atoms with van der Waals surface area (Å²) < 4.78 is 5.26. The van der Waals surface area contributed by atoms with Crippen LogP contribution < -0.4 is 15.4 Å². The Kier molecular flexibility index (Phi) is 7.39. The van der Waals surface area contributed by atoms with Crippen LogP contribution in [0.15, 0.2) is 83.5 Å². The minimum absolute atomic E-state index is 0.0289. The van der Waals surface area contributed by atoms with E-state index in [0.29, 0.717) is 34.1 Å². The zero-order valence-corrected chi connectivity index (χ0v) is 20.2. The molecular formula is C26H21Cl2N3O4. The molecule has 2 N–H and O–H groups in total. The molecule has 9 heteroatoms. The van der Waals surface area contributed by atoms with E-state index in [0.717, 1.165) is 10.5 Å². The highest BCUT2D eigenvalue weighted by Crippen LogP contribution is 2.29. The second kappa shape index (κ2) is 10.6. The molecule has 0 aromatic heterocycles. The Morgan fingerprint density at radius 2 is 1.71 bits per heavy atom. The first-order chi connectivity index (χ1) is 16.9. The Bertz CT molecular complexity index is 1330. The number of methoxy groups -OCH3 is 1. The van der Waals surface area contributed by atoms with Gasteiger partial charge in [-0.3, -0.25) is 19.3 Å². The van der Waals surface area contributed by atoms with Crippen LogP contribution in [0.1, 0.15) is 15.9 Å². The molecule has 0 fully saturated rings. The number of amides is 3. The molecule has 0 saturated carbocycles. The van der Waals surface area contributed by atoms with Gasteiger partial charge in [0.25, 0.3) is 17.7 Å². The number of halogens is 2. The van der Waals surface area contributed by atoms with E-state index < -0.39 is 17.7 Å². The first kappa shape index (κ1) is 24.3. The van der Waals surface area contributed by atoms with Gasteiger partial charge < -0.3 is 15.4 Å². The first-order valence-corrected chi connectivity index (χ1v) is 11.4. The van der Waals surface area contributed by atoms with Gasteiger partial charge in [-0.05, 0) is 48.4 Å². The van der Waals surface area contributed by atoms with Gasteiger partial charge in [-0.2, -0.15) is 0 Å². The number of carbonyl (C=O) groups is 3. The number of nitrogens with one attached hydrogen (secondary N) is 2. The summed E-state index contributed by atoms with van der Waals surface area (Å²) in [5, 5.41) is 5.91. The van der Waals surface area contributed by atoms with Crippen LogP contribution in [0, 0.1) is 0 Å². The molecule has 35 heavy (non-hydrogen) atoms. The monoisotopic (exact) mass is 509 g/mol. The molecule has 1 aliphatic heterocycles. The van der Waals surface area contributed by atoms with Crippen molar-refractivity contribution in [2.24, 2.45) is 0 Å². The maximum absolute atomic E-state index is 12.9. The fourth-order valence-corrected chi connectivity index (χ4v) is 4.00. The molecule has 7 nitrogen and oxygen atoms in total. The van der Waals surface area contributed by atoms with Crippen LogP contribution in [-0.4, -0.2) is 36.3 Å². The van der Waals surface area contributed by atoms with Gasteiger partial charge in [-0.25, -0.2) is 0 Å². The number of hydrogen-bond donors (Lipinski definition) is 2. The fraction of sp³-hybridized carbons (Fsp3) is 0.115. The number of imide groups is 1. The topological polar surface area (TPSA) is 87.7 Å². The number of anilines is 2. The Morgan fingerprint density at radius 3 is 2.46 bits per heavy atom. The molecule has 0 spiro atoms. The van der Waals surface area contributed by atoms with Crippen LogP contribution in [-0.2, 0) is 16.0 Å². The minimum Gasteiger partial charge on any atom is -0.495 e. The number of nitrogens with zero attached hydrogens (tertiary/aromatic N) is 1. The van der Waals surface area contributed by atoms with Gasteiger partial charge in [0.15, 0.2) is 0 Å². The quantitative estimate of drug-likeness (QED) is 0.413. The summed E-state index contributed by atoms with van der Waals surface area (Å²) in [4.78, 5) is 39.4. The summed E-state index contributed by atoms with van der Waals surface area (Å²) in [5.41, 5.74) is 2.13. The van der Waals surface area contributed by atoms with Crippen molar-refractivity contribution in [2.45, 2.75) is 6.42 Å². The Hall–Kier alpha value is -3.81. The molecule has 1 heterocycles. The maximum atomic E-state index is 12.9. The van der Waals surface area contributed by atoms with E-state index in [1.165, 1.54) is 7.11 Å². The summed E-state index contributed by atoms with van der Waals surface area (Å²) >= 11 is 12.2. The van der Waals surface area contributed by atoms with Crippen LogP contribution in [0.4, 0.5) is 11.4 Å². The summed E-state index contributed by atoms with van der Waals surface area (Å²) in [7, 11) is 1.49. The lowest BCUT2D eigenvalue weighted by atomic mass is 10.1. The molecule has 0 aliphatic carbocycles. The summed E-state index contributed by atoms with van der Waals surface area (Å²) in [6.45, 7) is 0.201. The highest BCUT2D eigenvalue weighted by atomic mass is 35.5. The van der Waals surface area contributed by atoms with Crippen molar-refractivity contribution >= 4 is 52.3 Å². The van der Waals surface area contributed by atoms with Gasteiger partial charge in [0.1, 0.15) is 16.5 Å². The smallest absolute Gasteiger partial charge is 0.278 e. The van der Waals surface area contributed by atoms with Crippen molar-refractivity contribution in [2.75, 3.05) is 24.3 Å². The van der Waals surface area contributed by atoms with Crippen molar-refractivity contribution in [3.63, 3.8) is 0 Å². The number of ether oxygens (including phenoxy) is 1. The zero-order chi connectivity index (χ0) is 24.9. The van der Waals surface area contributed by atoms with Crippen molar-refractivity contribution in [3.05, 3.63) is 99.7 Å². The zero-order valence-electron chi connectivity index (χ0n) is 18.7. The van der Waals surface area contributed by atoms with Crippen molar-refractivity contribution in [1.82, 2.24) is 4.90 Å². The molecular weight excluding hydrogens is 489 g/mol. The van der Waals surface area contributed by atoms with Gasteiger partial charge in [0.05, 0.1) is 12.8 Å². The Balaban J connectivity index is 1.47. The average molecular weight is 510 g/mol. The van der Waals surface area contributed by atoms with Crippen molar-refractivity contribution < 1.29 is 19.1 Å². The third-order valence-corrected chi connectivity index (χ3v) is 5.97. The molecule has 1 aliphatic rings. The van der Waals surface area contributed by atoms with Crippen molar-refractivity contribution in [3.8, 4) is 5.75 Å². The fourth-order valence-electron chi connectivity index (χ4n) is 3.60. The second-order valence-corrected chi connectivity index (χ2v) is 8.51. The van der Waals surface area contributed by atoms with Gasteiger partial charge in [-0.1, -0.05) is 59.6 Å². The lowest BCUT2D eigenvalue weighted by Crippen LogP contribution is -2.34. The van der Waals surface area contributed by atoms with E-state index in [1.54, 1.807) is 42.5 Å². The number of carbonyl (C=O) groups excluding carboxylic acids is 3. The van der Waals surface area contributed by atoms with Crippen LogP contribution in [0.2, 0.25) is 5.02 Å². The van der Waals surface area contributed by atoms with Crippen molar-refractivity contribution in [1.29, 1.82) is 0 Å². The Labute approximate surface area is 212 Å². The van der Waals surface area contributed by atoms with Crippen LogP contribution in [0.25, 0.3) is 0 Å². The second-order valence-electron chi connectivity index (χ2n) is 7.69. The van der Waals surface area contributed by atoms with E-state index in [9.17, 15) is 14.4 Å². The Morgan fingerprint density at radius 1 is 0.943 bits per heavy atom. The summed E-state index contributed by atoms with van der Waals surface area (Å²) in [5.74, 6) is -1.03. The number of hydrogen-bond acceptors (Lipinski definition) is 5. The van der Waals surface area contributed by atoms with Gasteiger partial charge >= 0.3 is 0 Å². The van der Waals surface area contributed by atoms with E-state index in [4.69, 9.17) is 27.9 Å². The highest BCUT2D eigenvalue weighted by molar-refractivity contribution is 6.48. The summed E-state index contributed by atoms with van der Waals surface area (Å²) in [6, 6.07) is 20.9. The van der Waals surface area contributed by atoms with Gasteiger partial charge in [0, 0.05) is 22.8 Å². The molecule has 0 radical (unpaired) electrons. The van der Waals surface area contributed by atoms with Crippen LogP contribution in [0.3, 0.4) is 0 Å². The molecule has 0 saturated heterocycles. The summed E-state index contributed by atoms with van der Waals surface area (Å²) in [6.07, 6.45) is 0.512. The predicted octanol–water partition coefficient (Wildman–Crippen LogP) is 5.07. The van der Waals surface area contributed by atoms with Crippen LogP contribution in [0.5, 0.6) is 5.75 Å². The predicted molar refractivity (Wildman–Crippen MR) is 136 cm³/mol. The molecule has 0 bridgehead atoms. The van der Waals surface area contributed by atoms with Gasteiger partial charge in [-0.15, -0.1) is 0 Å². The number of benzene rings is 3. The molecule has 3 aromatic rings. The van der Waals surface area contributed by atoms with Crippen LogP contribution >= 0.6 is 23.2 Å². The normalized spacial score (nSPS) is 13.3. The lowest BCUT2D eigenvalue weighted by Gasteiger charge is -2.15.